The number of halogens is 1. The highest BCUT2D eigenvalue weighted by Crippen LogP contribution is 2.48. The van der Waals surface area contributed by atoms with Gasteiger partial charge in [-0.1, -0.05) is 6.42 Å². The van der Waals surface area contributed by atoms with Crippen LogP contribution in [-0.4, -0.2) is 6.61 Å². The van der Waals surface area contributed by atoms with E-state index in [9.17, 15) is 4.39 Å². The van der Waals surface area contributed by atoms with Gasteiger partial charge >= 0.3 is 0 Å². The second-order valence-corrected chi connectivity index (χ2v) is 5.43. The van der Waals surface area contributed by atoms with Crippen molar-refractivity contribution in [1.29, 1.82) is 0 Å². The Morgan fingerprint density at radius 1 is 1.29 bits per heavy atom. The first-order chi connectivity index (χ1) is 8.22. The molecule has 0 aliphatic heterocycles. The van der Waals surface area contributed by atoms with Crippen LogP contribution in [0.5, 0.6) is 5.75 Å². The van der Waals surface area contributed by atoms with E-state index in [-0.39, 0.29) is 5.82 Å². The van der Waals surface area contributed by atoms with Crippen molar-refractivity contribution in [2.45, 2.75) is 25.7 Å². The third kappa shape index (κ3) is 2.11. The molecule has 92 valence electrons. The summed E-state index contributed by atoms with van der Waals surface area (Å²) in [6.45, 7) is 0.733. The summed E-state index contributed by atoms with van der Waals surface area (Å²) in [5.41, 5.74) is 6.11. The Morgan fingerprint density at radius 3 is 2.82 bits per heavy atom. The molecule has 2 bridgehead atoms. The number of hydrogen-bond acceptors (Lipinski definition) is 2. The monoisotopic (exact) mass is 235 g/mol. The van der Waals surface area contributed by atoms with Crippen LogP contribution in [0.1, 0.15) is 25.7 Å². The lowest BCUT2D eigenvalue weighted by Gasteiger charge is -2.22. The number of hydrogen-bond donors (Lipinski definition) is 1. The fraction of sp³-hybridized carbons (Fsp3) is 0.571. The summed E-state index contributed by atoms with van der Waals surface area (Å²) in [6, 6.07) is 4.33. The average Bonchev–Trinajstić information content (AvgIpc) is 2.89. The molecule has 2 nitrogen and oxygen atoms in total. The number of benzene rings is 1. The van der Waals surface area contributed by atoms with Crippen molar-refractivity contribution in [2.75, 3.05) is 12.3 Å². The molecule has 0 spiro atoms. The van der Waals surface area contributed by atoms with Gasteiger partial charge in [-0.25, -0.2) is 4.39 Å². The molecule has 0 radical (unpaired) electrons. The predicted octanol–water partition coefficient (Wildman–Crippen LogP) is 3.22. The molecular formula is C14H18FNO. The normalized spacial score (nSPS) is 30.8. The number of rotatable bonds is 3. The molecule has 2 fully saturated rings. The van der Waals surface area contributed by atoms with Gasteiger partial charge < -0.3 is 10.5 Å². The van der Waals surface area contributed by atoms with Gasteiger partial charge in [-0.05, 0) is 49.1 Å². The number of nitrogens with two attached hydrogens (primary N) is 1. The van der Waals surface area contributed by atoms with Gasteiger partial charge in [-0.15, -0.1) is 0 Å². The standard InChI is InChI=1S/C14H18FNO/c15-12-3-4-14(13(16)7-12)17-8-11-6-9-1-2-10(11)5-9/h3-4,7,9-11H,1-2,5-6,8,16H2. The molecule has 0 aromatic heterocycles. The fourth-order valence-electron chi connectivity index (χ4n) is 3.43. The molecule has 2 saturated carbocycles. The average molecular weight is 235 g/mol. The third-order valence-corrected chi connectivity index (χ3v) is 4.31. The molecule has 3 atom stereocenters. The Hall–Kier alpha value is -1.25. The quantitative estimate of drug-likeness (QED) is 0.816. The zero-order valence-electron chi connectivity index (χ0n) is 9.86. The van der Waals surface area contributed by atoms with Crippen molar-refractivity contribution in [2.24, 2.45) is 17.8 Å². The zero-order chi connectivity index (χ0) is 11.8. The summed E-state index contributed by atoms with van der Waals surface area (Å²) in [4.78, 5) is 0. The highest BCUT2D eigenvalue weighted by Gasteiger charge is 2.39. The molecule has 1 aromatic carbocycles. The van der Waals surface area contributed by atoms with E-state index >= 15 is 0 Å². The van der Waals surface area contributed by atoms with Gasteiger partial charge in [0.1, 0.15) is 11.6 Å². The van der Waals surface area contributed by atoms with Crippen molar-refractivity contribution >= 4 is 5.69 Å². The van der Waals surface area contributed by atoms with Crippen molar-refractivity contribution in [3.8, 4) is 5.75 Å². The fourth-order valence-corrected chi connectivity index (χ4v) is 3.43. The van der Waals surface area contributed by atoms with Crippen LogP contribution in [0, 0.1) is 23.6 Å². The maximum Gasteiger partial charge on any atom is 0.142 e. The maximum atomic E-state index is 12.9. The van der Waals surface area contributed by atoms with Gasteiger partial charge in [0, 0.05) is 6.07 Å². The molecule has 2 aliphatic carbocycles. The van der Waals surface area contributed by atoms with Gasteiger partial charge in [-0.2, -0.15) is 0 Å². The van der Waals surface area contributed by atoms with E-state index < -0.39 is 0 Å². The van der Waals surface area contributed by atoms with Gasteiger partial charge in [0.15, 0.2) is 0 Å². The van der Waals surface area contributed by atoms with Crippen LogP contribution in [0.3, 0.4) is 0 Å². The molecule has 1 aromatic rings. The Kier molecular flexibility index (Phi) is 2.69. The molecule has 2 aliphatic rings. The smallest absolute Gasteiger partial charge is 0.142 e. The molecule has 0 amide bonds. The second kappa shape index (κ2) is 4.21. The topological polar surface area (TPSA) is 35.2 Å². The van der Waals surface area contributed by atoms with Gasteiger partial charge in [0.2, 0.25) is 0 Å². The van der Waals surface area contributed by atoms with Crippen LogP contribution in [0.15, 0.2) is 18.2 Å². The van der Waals surface area contributed by atoms with Crippen molar-refractivity contribution in [3.05, 3.63) is 24.0 Å². The van der Waals surface area contributed by atoms with Crippen LogP contribution in [0.2, 0.25) is 0 Å². The van der Waals surface area contributed by atoms with Crippen molar-refractivity contribution < 1.29 is 9.13 Å². The lowest BCUT2D eigenvalue weighted by Crippen LogP contribution is -2.18. The first kappa shape index (κ1) is 10.9. The summed E-state index contributed by atoms with van der Waals surface area (Å²) in [5, 5.41) is 0. The molecule has 3 unspecified atom stereocenters. The van der Waals surface area contributed by atoms with Gasteiger partial charge in [0.25, 0.3) is 0 Å². The van der Waals surface area contributed by atoms with Gasteiger partial charge in [0.05, 0.1) is 12.3 Å². The van der Waals surface area contributed by atoms with Crippen LogP contribution in [0.4, 0.5) is 10.1 Å². The summed E-state index contributed by atoms with van der Waals surface area (Å²) in [6.07, 6.45) is 5.44. The SMILES string of the molecule is Nc1cc(F)ccc1OCC1CC2CCC1C2. The molecule has 17 heavy (non-hydrogen) atoms. The summed E-state index contributed by atoms with van der Waals surface area (Å²) >= 11 is 0. The van der Waals surface area contributed by atoms with Gasteiger partial charge in [-0.3, -0.25) is 0 Å². The molecule has 2 N–H and O–H groups in total. The van der Waals surface area contributed by atoms with Crippen LogP contribution >= 0.6 is 0 Å². The number of anilines is 1. The van der Waals surface area contributed by atoms with E-state index in [1.165, 1.54) is 37.8 Å². The van der Waals surface area contributed by atoms with E-state index in [1.807, 2.05) is 0 Å². The summed E-state index contributed by atoms with van der Waals surface area (Å²) < 4.78 is 18.6. The van der Waals surface area contributed by atoms with Crippen LogP contribution < -0.4 is 10.5 Å². The number of ether oxygens (including phenoxy) is 1. The zero-order valence-corrected chi connectivity index (χ0v) is 9.86. The minimum Gasteiger partial charge on any atom is -0.491 e. The number of nitrogen functional groups attached to an aromatic ring is 1. The Bertz CT molecular complexity index is 421. The van der Waals surface area contributed by atoms with E-state index in [1.54, 1.807) is 6.07 Å². The van der Waals surface area contributed by atoms with Crippen LogP contribution in [0.25, 0.3) is 0 Å². The predicted molar refractivity (Wildman–Crippen MR) is 65.2 cm³/mol. The second-order valence-electron chi connectivity index (χ2n) is 5.43. The van der Waals surface area contributed by atoms with E-state index in [0.29, 0.717) is 17.4 Å². The first-order valence-corrected chi connectivity index (χ1v) is 6.40. The minimum atomic E-state index is -0.310. The van der Waals surface area contributed by atoms with Crippen LogP contribution in [-0.2, 0) is 0 Å². The number of fused-ring (bicyclic) bond motifs is 2. The third-order valence-electron chi connectivity index (χ3n) is 4.31. The highest BCUT2D eigenvalue weighted by molar-refractivity contribution is 5.52. The maximum absolute atomic E-state index is 12.9. The minimum absolute atomic E-state index is 0.310. The summed E-state index contributed by atoms with van der Waals surface area (Å²) in [7, 11) is 0. The Labute approximate surface area is 101 Å². The van der Waals surface area contributed by atoms with Crippen molar-refractivity contribution in [1.82, 2.24) is 0 Å². The van der Waals surface area contributed by atoms with E-state index in [2.05, 4.69) is 0 Å². The Balaban J connectivity index is 1.60. The first-order valence-electron chi connectivity index (χ1n) is 6.40. The lowest BCUT2D eigenvalue weighted by molar-refractivity contribution is 0.196. The van der Waals surface area contributed by atoms with E-state index in [4.69, 9.17) is 10.5 Å². The molecule has 3 rings (SSSR count). The molecule has 0 heterocycles. The summed E-state index contributed by atoms with van der Waals surface area (Å²) in [5.74, 6) is 2.77. The molecule has 3 heteroatoms. The van der Waals surface area contributed by atoms with Crippen molar-refractivity contribution in [3.63, 3.8) is 0 Å². The lowest BCUT2D eigenvalue weighted by atomic mass is 9.89. The molecule has 0 saturated heterocycles. The van der Waals surface area contributed by atoms with E-state index in [0.717, 1.165) is 18.4 Å². The molecular weight excluding hydrogens is 217 g/mol. The Morgan fingerprint density at radius 2 is 2.18 bits per heavy atom. The highest BCUT2D eigenvalue weighted by atomic mass is 19.1. The largest absolute Gasteiger partial charge is 0.491 e.